The number of aromatic nitrogens is 2. The highest BCUT2D eigenvalue weighted by molar-refractivity contribution is 6.31. The average molecular weight is 420 g/mol. The van der Waals surface area contributed by atoms with E-state index in [0.29, 0.717) is 28.2 Å². The van der Waals surface area contributed by atoms with E-state index in [1.165, 1.54) is 18.2 Å². The molecule has 2 aromatic carbocycles. The second-order valence-corrected chi connectivity index (χ2v) is 6.71. The summed E-state index contributed by atoms with van der Waals surface area (Å²) in [6.07, 6.45) is 0. The largest absolute Gasteiger partial charge is 0.329 e. The van der Waals surface area contributed by atoms with Gasteiger partial charge < -0.3 is 15.5 Å². The van der Waals surface area contributed by atoms with Crippen LogP contribution in [0.2, 0.25) is 10.2 Å². The Morgan fingerprint density at radius 1 is 1.04 bits per heavy atom. The SMILES string of the molecule is Cc1nc(Cl)cc(N(C)c2cccc(NC(=O)Nc3ccc(F)c(Cl)c3)c2)n1. The van der Waals surface area contributed by atoms with E-state index >= 15 is 0 Å². The Labute approximate surface area is 171 Å². The van der Waals surface area contributed by atoms with Crippen LogP contribution in [0.5, 0.6) is 0 Å². The van der Waals surface area contributed by atoms with Gasteiger partial charge in [-0.05, 0) is 43.3 Å². The molecule has 0 atom stereocenters. The van der Waals surface area contributed by atoms with Crippen molar-refractivity contribution in [3.05, 3.63) is 70.3 Å². The van der Waals surface area contributed by atoms with Crippen LogP contribution in [0.25, 0.3) is 0 Å². The van der Waals surface area contributed by atoms with Crippen molar-refractivity contribution in [3.8, 4) is 0 Å². The summed E-state index contributed by atoms with van der Waals surface area (Å²) in [5.41, 5.74) is 1.73. The molecule has 0 radical (unpaired) electrons. The van der Waals surface area contributed by atoms with Crippen LogP contribution in [0.3, 0.4) is 0 Å². The van der Waals surface area contributed by atoms with Crippen LogP contribution in [-0.2, 0) is 0 Å². The summed E-state index contributed by atoms with van der Waals surface area (Å²) in [4.78, 5) is 22.4. The van der Waals surface area contributed by atoms with Gasteiger partial charge in [-0.2, -0.15) is 0 Å². The van der Waals surface area contributed by atoms with Gasteiger partial charge >= 0.3 is 6.03 Å². The van der Waals surface area contributed by atoms with E-state index in [1.54, 1.807) is 31.2 Å². The first-order chi connectivity index (χ1) is 13.3. The molecule has 3 aromatic rings. The molecule has 0 fully saturated rings. The van der Waals surface area contributed by atoms with Crippen molar-refractivity contribution >= 4 is 52.1 Å². The second-order valence-electron chi connectivity index (χ2n) is 5.91. The quantitative estimate of drug-likeness (QED) is 0.536. The predicted molar refractivity (Wildman–Crippen MR) is 110 cm³/mol. The molecule has 0 saturated heterocycles. The molecule has 2 amide bonds. The van der Waals surface area contributed by atoms with E-state index < -0.39 is 11.8 Å². The number of nitrogens with zero attached hydrogens (tertiary/aromatic N) is 3. The molecule has 1 aromatic heterocycles. The minimum atomic E-state index is -0.552. The first kappa shape index (κ1) is 19.9. The van der Waals surface area contributed by atoms with Crippen molar-refractivity contribution in [1.29, 1.82) is 0 Å². The molecule has 6 nitrogen and oxygen atoms in total. The van der Waals surface area contributed by atoms with Gasteiger partial charge in [-0.3, -0.25) is 0 Å². The molecule has 0 aliphatic rings. The molecule has 0 saturated carbocycles. The molecule has 0 spiro atoms. The lowest BCUT2D eigenvalue weighted by atomic mass is 10.2. The number of urea groups is 1. The van der Waals surface area contributed by atoms with E-state index in [-0.39, 0.29) is 5.02 Å². The Hall–Kier alpha value is -2.90. The highest BCUT2D eigenvalue weighted by Gasteiger charge is 2.10. The monoisotopic (exact) mass is 419 g/mol. The Balaban J connectivity index is 1.73. The number of carbonyl (C=O) groups is 1. The molecule has 3 rings (SSSR count). The lowest BCUT2D eigenvalue weighted by Crippen LogP contribution is -2.20. The number of carbonyl (C=O) groups excluding carboxylic acids is 1. The van der Waals surface area contributed by atoms with Crippen LogP contribution in [0.1, 0.15) is 5.82 Å². The van der Waals surface area contributed by atoms with Crippen molar-refractivity contribution in [2.24, 2.45) is 0 Å². The maximum atomic E-state index is 13.2. The Morgan fingerprint density at radius 2 is 1.75 bits per heavy atom. The molecule has 144 valence electrons. The molecule has 0 aliphatic heterocycles. The molecule has 28 heavy (non-hydrogen) atoms. The first-order valence-corrected chi connectivity index (χ1v) is 8.95. The van der Waals surface area contributed by atoms with Crippen LogP contribution >= 0.6 is 23.2 Å². The minimum absolute atomic E-state index is 0.0692. The molecule has 0 unspecified atom stereocenters. The summed E-state index contributed by atoms with van der Waals surface area (Å²) in [6, 6.07) is 12.3. The lowest BCUT2D eigenvalue weighted by Gasteiger charge is -2.19. The second kappa shape index (κ2) is 8.41. The van der Waals surface area contributed by atoms with Gasteiger partial charge in [0.05, 0.1) is 5.02 Å². The van der Waals surface area contributed by atoms with Gasteiger partial charge in [0.25, 0.3) is 0 Å². The van der Waals surface area contributed by atoms with Gasteiger partial charge in [0.15, 0.2) is 0 Å². The maximum Gasteiger partial charge on any atom is 0.323 e. The highest BCUT2D eigenvalue weighted by Crippen LogP contribution is 2.26. The number of amides is 2. The number of nitrogens with one attached hydrogen (secondary N) is 2. The zero-order valence-corrected chi connectivity index (χ0v) is 16.5. The number of rotatable bonds is 4. The number of hydrogen-bond acceptors (Lipinski definition) is 4. The van der Waals surface area contributed by atoms with E-state index in [9.17, 15) is 9.18 Å². The third-order valence-electron chi connectivity index (χ3n) is 3.81. The van der Waals surface area contributed by atoms with Crippen LogP contribution < -0.4 is 15.5 Å². The smallest absolute Gasteiger partial charge is 0.323 e. The Kier molecular flexibility index (Phi) is 5.96. The Morgan fingerprint density at radius 3 is 2.43 bits per heavy atom. The first-order valence-electron chi connectivity index (χ1n) is 8.20. The van der Waals surface area contributed by atoms with Crippen LogP contribution in [0.15, 0.2) is 48.5 Å². The number of benzene rings is 2. The molecule has 9 heteroatoms. The number of halogens is 3. The minimum Gasteiger partial charge on any atom is -0.329 e. The van der Waals surface area contributed by atoms with Gasteiger partial charge in [0.2, 0.25) is 0 Å². The molecular weight excluding hydrogens is 404 g/mol. The van der Waals surface area contributed by atoms with E-state index in [0.717, 1.165) is 5.69 Å². The molecule has 0 aliphatic carbocycles. The maximum absolute atomic E-state index is 13.2. The van der Waals surface area contributed by atoms with E-state index in [1.807, 2.05) is 18.0 Å². The van der Waals surface area contributed by atoms with Gasteiger partial charge in [-0.25, -0.2) is 19.2 Å². The van der Waals surface area contributed by atoms with Gasteiger partial charge in [0.1, 0.15) is 22.6 Å². The molecule has 1 heterocycles. The summed E-state index contributed by atoms with van der Waals surface area (Å²) in [7, 11) is 1.83. The van der Waals surface area contributed by atoms with Crippen molar-refractivity contribution in [1.82, 2.24) is 9.97 Å². The molecule has 2 N–H and O–H groups in total. The zero-order valence-electron chi connectivity index (χ0n) is 15.0. The van der Waals surface area contributed by atoms with E-state index in [2.05, 4.69) is 20.6 Å². The third kappa shape index (κ3) is 4.88. The summed E-state index contributed by atoms with van der Waals surface area (Å²) in [5.74, 6) is 0.629. The highest BCUT2D eigenvalue weighted by atomic mass is 35.5. The van der Waals surface area contributed by atoms with Crippen LogP contribution in [-0.4, -0.2) is 23.0 Å². The summed E-state index contributed by atoms with van der Waals surface area (Å²) in [6.45, 7) is 1.76. The normalized spacial score (nSPS) is 10.5. The van der Waals surface area contributed by atoms with Gasteiger partial charge in [-0.15, -0.1) is 0 Å². The van der Waals surface area contributed by atoms with Gasteiger partial charge in [-0.1, -0.05) is 29.3 Å². The van der Waals surface area contributed by atoms with Gasteiger partial charge in [0, 0.05) is 30.2 Å². The fourth-order valence-electron chi connectivity index (χ4n) is 2.48. The predicted octanol–water partition coefficient (Wildman–Crippen LogP) is 5.64. The third-order valence-corrected chi connectivity index (χ3v) is 4.29. The summed E-state index contributed by atoms with van der Waals surface area (Å²) >= 11 is 11.7. The topological polar surface area (TPSA) is 70.2 Å². The van der Waals surface area contributed by atoms with Crippen molar-refractivity contribution < 1.29 is 9.18 Å². The van der Waals surface area contributed by atoms with Crippen molar-refractivity contribution in [2.45, 2.75) is 6.92 Å². The number of aryl methyl sites for hydroxylation is 1. The average Bonchev–Trinajstić information content (AvgIpc) is 2.63. The number of anilines is 4. The standard InChI is InChI=1S/C19H16Cl2FN5O/c1-11-23-17(21)10-18(24-11)27(2)14-5-3-4-12(8-14)25-19(28)26-13-6-7-16(22)15(20)9-13/h3-10H,1-2H3,(H2,25,26,28). The summed E-state index contributed by atoms with van der Waals surface area (Å²) < 4.78 is 13.2. The van der Waals surface area contributed by atoms with E-state index in [4.69, 9.17) is 23.2 Å². The van der Waals surface area contributed by atoms with Crippen LogP contribution in [0, 0.1) is 12.7 Å². The number of hydrogen-bond donors (Lipinski definition) is 2. The fourth-order valence-corrected chi connectivity index (χ4v) is 2.88. The fraction of sp³-hybridized carbons (Fsp3) is 0.105. The molecular formula is C19H16Cl2FN5O. The van der Waals surface area contributed by atoms with Crippen molar-refractivity contribution in [2.75, 3.05) is 22.6 Å². The van der Waals surface area contributed by atoms with Crippen molar-refractivity contribution in [3.63, 3.8) is 0 Å². The zero-order chi connectivity index (χ0) is 20.3. The molecule has 0 bridgehead atoms. The summed E-state index contributed by atoms with van der Waals surface area (Å²) in [5, 5.41) is 5.60. The van der Waals surface area contributed by atoms with Crippen LogP contribution in [0.4, 0.5) is 32.1 Å². The lowest BCUT2D eigenvalue weighted by molar-refractivity contribution is 0.262. The Bertz CT molecular complexity index is 1010.